The summed E-state index contributed by atoms with van der Waals surface area (Å²) in [7, 11) is 0. The Hall–Kier alpha value is -1.85. The standard InChI is InChI=1S/C14H15F3O3/c1-10(13(19)11-5-3-2-4-6-11)7-8-12(18)20-9-14(15,16)17/h2-6,10H,7-9H2,1H3. The second kappa shape index (κ2) is 7.07. The van der Waals surface area contributed by atoms with Crippen LogP contribution in [0.15, 0.2) is 30.3 Å². The van der Waals surface area contributed by atoms with E-state index in [4.69, 9.17) is 0 Å². The molecule has 0 aliphatic rings. The Balaban J connectivity index is 2.38. The molecule has 0 N–H and O–H groups in total. The maximum absolute atomic E-state index is 11.9. The van der Waals surface area contributed by atoms with Crippen molar-refractivity contribution in [1.82, 2.24) is 0 Å². The molecular formula is C14H15F3O3. The molecule has 110 valence electrons. The van der Waals surface area contributed by atoms with Crippen molar-refractivity contribution in [3.05, 3.63) is 35.9 Å². The molecule has 1 atom stereocenters. The van der Waals surface area contributed by atoms with Gasteiger partial charge in [0.25, 0.3) is 0 Å². The summed E-state index contributed by atoms with van der Waals surface area (Å²) in [6, 6.07) is 8.52. The Morgan fingerprint density at radius 2 is 1.80 bits per heavy atom. The number of hydrogen-bond donors (Lipinski definition) is 0. The molecule has 0 aliphatic heterocycles. The molecule has 1 aromatic carbocycles. The first-order valence-corrected chi connectivity index (χ1v) is 6.11. The minimum absolute atomic E-state index is 0.144. The molecule has 0 spiro atoms. The Kier molecular flexibility index (Phi) is 5.73. The zero-order valence-corrected chi connectivity index (χ0v) is 10.9. The second-order valence-corrected chi connectivity index (χ2v) is 4.45. The maximum Gasteiger partial charge on any atom is 0.422 e. The van der Waals surface area contributed by atoms with Gasteiger partial charge in [-0.3, -0.25) is 9.59 Å². The fraction of sp³-hybridized carbons (Fsp3) is 0.429. The molecule has 0 amide bonds. The predicted molar refractivity (Wildman–Crippen MR) is 66.2 cm³/mol. The molecule has 0 bridgehead atoms. The van der Waals surface area contributed by atoms with Crippen molar-refractivity contribution in [2.45, 2.75) is 25.9 Å². The average molecular weight is 288 g/mol. The number of carbonyl (C=O) groups excluding carboxylic acids is 2. The highest BCUT2D eigenvalue weighted by Crippen LogP contribution is 2.17. The summed E-state index contributed by atoms with van der Waals surface area (Å²) in [6.07, 6.45) is -4.58. The minimum Gasteiger partial charge on any atom is -0.456 e. The molecule has 0 aromatic heterocycles. The van der Waals surface area contributed by atoms with Crippen LogP contribution in [-0.4, -0.2) is 24.5 Å². The largest absolute Gasteiger partial charge is 0.456 e. The molecule has 20 heavy (non-hydrogen) atoms. The van der Waals surface area contributed by atoms with Crippen molar-refractivity contribution < 1.29 is 27.5 Å². The van der Waals surface area contributed by atoms with Crippen LogP contribution >= 0.6 is 0 Å². The summed E-state index contributed by atoms with van der Waals surface area (Å²) >= 11 is 0. The number of ketones is 1. The highest BCUT2D eigenvalue weighted by molar-refractivity contribution is 5.97. The lowest BCUT2D eigenvalue weighted by Gasteiger charge is -2.11. The van der Waals surface area contributed by atoms with Crippen LogP contribution in [0, 0.1) is 5.92 Å². The van der Waals surface area contributed by atoms with E-state index in [9.17, 15) is 22.8 Å². The van der Waals surface area contributed by atoms with Crippen molar-refractivity contribution in [2.24, 2.45) is 5.92 Å². The van der Waals surface area contributed by atoms with Gasteiger partial charge < -0.3 is 4.74 Å². The van der Waals surface area contributed by atoms with Gasteiger partial charge in [0.15, 0.2) is 12.4 Å². The van der Waals surface area contributed by atoms with E-state index in [1.807, 2.05) is 0 Å². The first-order valence-electron chi connectivity index (χ1n) is 6.11. The number of halogens is 3. The molecule has 1 rings (SSSR count). The topological polar surface area (TPSA) is 43.4 Å². The Morgan fingerprint density at radius 1 is 1.20 bits per heavy atom. The molecule has 3 nitrogen and oxygen atoms in total. The van der Waals surface area contributed by atoms with E-state index in [0.717, 1.165) is 0 Å². The van der Waals surface area contributed by atoms with Gasteiger partial charge in [-0.2, -0.15) is 13.2 Å². The normalized spacial score (nSPS) is 12.8. The smallest absolute Gasteiger partial charge is 0.422 e. The van der Waals surface area contributed by atoms with Gasteiger partial charge in [0.2, 0.25) is 0 Å². The van der Waals surface area contributed by atoms with E-state index in [0.29, 0.717) is 5.56 Å². The van der Waals surface area contributed by atoms with Crippen LogP contribution < -0.4 is 0 Å². The summed E-state index contributed by atoms with van der Waals surface area (Å²) in [5.74, 6) is -1.54. The lowest BCUT2D eigenvalue weighted by molar-refractivity contribution is -0.186. The Bertz CT molecular complexity index is 454. The number of alkyl halides is 3. The average Bonchev–Trinajstić information content (AvgIpc) is 2.41. The molecule has 0 saturated carbocycles. The maximum atomic E-state index is 11.9. The molecule has 0 radical (unpaired) electrons. The van der Waals surface area contributed by atoms with Crippen LogP contribution in [0.4, 0.5) is 13.2 Å². The van der Waals surface area contributed by atoms with Gasteiger partial charge in [-0.25, -0.2) is 0 Å². The lowest BCUT2D eigenvalue weighted by atomic mass is 9.95. The van der Waals surface area contributed by atoms with E-state index in [2.05, 4.69) is 4.74 Å². The van der Waals surface area contributed by atoms with Crippen molar-refractivity contribution in [3.8, 4) is 0 Å². The zero-order valence-electron chi connectivity index (χ0n) is 10.9. The quantitative estimate of drug-likeness (QED) is 0.595. The number of ether oxygens (including phenoxy) is 1. The molecule has 0 heterocycles. The fourth-order valence-corrected chi connectivity index (χ4v) is 1.59. The molecule has 6 heteroatoms. The van der Waals surface area contributed by atoms with Gasteiger partial charge in [0.05, 0.1) is 0 Å². The van der Waals surface area contributed by atoms with E-state index in [-0.39, 0.29) is 18.6 Å². The van der Waals surface area contributed by atoms with Gasteiger partial charge in [0.1, 0.15) is 0 Å². The monoisotopic (exact) mass is 288 g/mol. The fourth-order valence-electron chi connectivity index (χ4n) is 1.59. The highest BCUT2D eigenvalue weighted by Gasteiger charge is 2.29. The lowest BCUT2D eigenvalue weighted by Crippen LogP contribution is -2.21. The van der Waals surface area contributed by atoms with Crippen LogP contribution in [0.5, 0.6) is 0 Å². The van der Waals surface area contributed by atoms with E-state index in [1.165, 1.54) is 0 Å². The molecule has 0 fully saturated rings. The number of carbonyl (C=O) groups is 2. The van der Waals surface area contributed by atoms with E-state index < -0.39 is 24.7 Å². The molecular weight excluding hydrogens is 273 g/mol. The highest BCUT2D eigenvalue weighted by atomic mass is 19.4. The van der Waals surface area contributed by atoms with Crippen LogP contribution in [0.25, 0.3) is 0 Å². The Labute approximate surface area is 114 Å². The van der Waals surface area contributed by atoms with Crippen molar-refractivity contribution in [2.75, 3.05) is 6.61 Å². The second-order valence-electron chi connectivity index (χ2n) is 4.45. The number of esters is 1. The molecule has 0 aliphatic carbocycles. The van der Waals surface area contributed by atoms with Gasteiger partial charge in [-0.15, -0.1) is 0 Å². The minimum atomic E-state index is -4.53. The summed E-state index contributed by atoms with van der Waals surface area (Å²) in [6.45, 7) is 0.0409. The molecule has 1 unspecified atom stereocenters. The van der Waals surface area contributed by atoms with Gasteiger partial charge >= 0.3 is 12.1 Å². The van der Waals surface area contributed by atoms with Crippen LogP contribution in [0.3, 0.4) is 0 Å². The molecule has 0 saturated heterocycles. The first-order chi connectivity index (χ1) is 9.29. The third-order valence-electron chi connectivity index (χ3n) is 2.68. The van der Waals surface area contributed by atoms with Gasteiger partial charge in [-0.05, 0) is 6.42 Å². The van der Waals surface area contributed by atoms with Crippen molar-refractivity contribution in [3.63, 3.8) is 0 Å². The van der Waals surface area contributed by atoms with Gasteiger partial charge in [0, 0.05) is 17.9 Å². The third kappa shape index (κ3) is 5.86. The van der Waals surface area contributed by atoms with Crippen LogP contribution in [-0.2, 0) is 9.53 Å². The summed E-state index contributed by atoms with van der Waals surface area (Å²) in [4.78, 5) is 23.1. The van der Waals surface area contributed by atoms with Crippen molar-refractivity contribution >= 4 is 11.8 Å². The summed E-state index contributed by atoms with van der Waals surface area (Å²) in [5.41, 5.74) is 0.517. The van der Waals surface area contributed by atoms with Crippen molar-refractivity contribution in [1.29, 1.82) is 0 Å². The molecule has 1 aromatic rings. The SMILES string of the molecule is CC(CCC(=O)OCC(F)(F)F)C(=O)c1ccccc1. The van der Waals surface area contributed by atoms with Crippen LogP contribution in [0.1, 0.15) is 30.1 Å². The predicted octanol–water partition coefficient (Wildman–Crippen LogP) is 3.39. The summed E-state index contributed by atoms with van der Waals surface area (Å²) in [5, 5.41) is 0. The number of rotatable bonds is 6. The van der Waals surface area contributed by atoms with E-state index >= 15 is 0 Å². The summed E-state index contributed by atoms with van der Waals surface area (Å²) < 4.78 is 39.6. The van der Waals surface area contributed by atoms with Crippen LogP contribution in [0.2, 0.25) is 0 Å². The zero-order chi connectivity index (χ0) is 15.2. The number of benzene rings is 1. The van der Waals surface area contributed by atoms with E-state index in [1.54, 1.807) is 37.3 Å². The van der Waals surface area contributed by atoms with Gasteiger partial charge in [-0.1, -0.05) is 37.3 Å². The number of hydrogen-bond acceptors (Lipinski definition) is 3. The first kappa shape index (κ1) is 16.2. The third-order valence-corrected chi connectivity index (χ3v) is 2.68. The Morgan fingerprint density at radius 3 is 2.35 bits per heavy atom. The number of Topliss-reactive ketones (excluding diaryl/α,β-unsaturated/α-hetero) is 1.